The summed E-state index contributed by atoms with van der Waals surface area (Å²) in [4.78, 5) is 23.3. The molecule has 6 heteroatoms. The molecule has 2 rings (SSSR count). The molecule has 0 aliphatic carbocycles. The van der Waals surface area contributed by atoms with Crippen molar-refractivity contribution in [3.05, 3.63) is 65.5 Å². The number of para-hydroxylation sites is 1. The number of nitriles is 1. The van der Waals surface area contributed by atoms with Gasteiger partial charge in [-0.3, -0.25) is 4.79 Å². The fraction of sp³-hybridized carbons (Fsp3) is 0.118. The second-order valence-electron chi connectivity index (χ2n) is 4.49. The first-order chi connectivity index (χ1) is 11.1. The number of nitrogens with zero attached hydrogens (tertiary/aromatic N) is 1. The average molecular weight is 313 g/mol. The Labute approximate surface area is 131 Å². The minimum Gasteiger partial charge on any atom is -0.481 e. The Morgan fingerprint density at radius 2 is 1.87 bits per heavy atom. The van der Waals surface area contributed by atoms with Gasteiger partial charge in [0.2, 0.25) is 0 Å². The van der Waals surface area contributed by atoms with Crippen molar-refractivity contribution in [2.75, 3.05) is 13.2 Å². The van der Waals surface area contributed by atoms with E-state index in [0.29, 0.717) is 0 Å². The highest BCUT2D eigenvalue weighted by Crippen LogP contribution is 2.16. The number of halogens is 1. The molecule has 0 atom stereocenters. The van der Waals surface area contributed by atoms with E-state index in [1.165, 1.54) is 18.2 Å². The molecule has 0 amide bonds. The lowest BCUT2D eigenvalue weighted by atomic mass is 10.1. The number of hydrogen-bond acceptors (Lipinski definition) is 5. The van der Waals surface area contributed by atoms with Crippen LogP contribution in [0.25, 0.3) is 0 Å². The zero-order valence-corrected chi connectivity index (χ0v) is 12.0. The lowest BCUT2D eigenvalue weighted by Gasteiger charge is -2.07. The van der Waals surface area contributed by atoms with Crippen LogP contribution in [0.5, 0.6) is 5.75 Å². The highest BCUT2D eigenvalue weighted by molar-refractivity contribution is 5.97. The van der Waals surface area contributed by atoms with Crippen LogP contribution < -0.4 is 4.74 Å². The van der Waals surface area contributed by atoms with Crippen LogP contribution in [0.15, 0.2) is 48.5 Å². The highest BCUT2D eigenvalue weighted by Gasteiger charge is 2.12. The first-order valence-corrected chi connectivity index (χ1v) is 6.66. The Kier molecular flexibility index (Phi) is 5.42. The van der Waals surface area contributed by atoms with Gasteiger partial charge in [-0.15, -0.1) is 0 Å². The van der Waals surface area contributed by atoms with Gasteiger partial charge in [0.05, 0.1) is 5.56 Å². The molecule has 0 spiro atoms. The summed E-state index contributed by atoms with van der Waals surface area (Å²) in [7, 11) is 0. The van der Waals surface area contributed by atoms with Crippen molar-refractivity contribution in [1.29, 1.82) is 5.26 Å². The lowest BCUT2D eigenvalue weighted by molar-refractivity contribution is -0.144. The van der Waals surface area contributed by atoms with Gasteiger partial charge < -0.3 is 9.47 Å². The van der Waals surface area contributed by atoms with E-state index in [2.05, 4.69) is 0 Å². The van der Waals surface area contributed by atoms with Crippen molar-refractivity contribution in [1.82, 2.24) is 0 Å². The van der Waals surface area contributed by atoms with E-state index in [1.807, 2.05) is 6.07 Å². The van der Waals surface area contributed by atoms with Crippen LogP contribution in [-0.2, 0) is 9.53 Å². The Hall–Kier alpha value is -3.20. The molecule has 116 valence electrons. The molecule has 0 aliphatic heterocycles. The first kappa shape index (κ1) is 16.2. The second kappa shape index (κ2) is 7.71. The highest BCUT2D eigenvalue weighted by atomic mass is 19.1. The largest absolute Gasteiger partial charge is 0.481 e. The molecule has 0 saturated heterocycles. The Morgan fingerprint density at radius 3 is 2.61 bits per heavy atom. The molecule has 0 N–H and O–H groups in total. The van der Waals surface area contributed by atoms with E-state index >= 15 is 0 Å². The van der Waals surface area contributed by atoms with Gasteiger partial charge >= 0.3 is 5.97 Å². The van der Waals surface area contributed by atoms with Crippen molar-refractivity contribution in [2.24, 2.45) is 0 Å². The number of esters is 1. The van der Waals surface area contributed by atoms with Gasteiger partial charge in [0.1, 0.15) is 17.6 Å². The summed E-state index contributed by atoms with van der Waals surface area (Å²) in [6, 6.07) is 13.5. The number of hydrogen-bond donors (Lipinski definition) is 0. The van der Waals surface area contributed by atoms with E-state index in [-0.39, 0.29) is 16.9 Å². The molecule has 0 fully saturated rings. The molecule has 5 nitrogen and oxygen atoms in total. The molecule has 2 aromatic carbocycles. The SMILES string of the molecule is N#Cc1ccccc1OCC(=O)OCC(=O)c1cccc(F)c1. The van der Waals surface area contributed by atoms with E-state index in [9.17, 15) is 14.0 Å². The molecule has 2 aromatic rings. The molecule has 0 heterocycles. The molecule has 0 aliphatic rings. The minimum atomic E-state index is -0.762. The zero-order chi connectivity index (χ0) is 16.7. The predicted molar refractivity (Wildman–Crippen MR) is 78.3 cm³/mol. The van der Waals surface area contributed by atoms with Crippen LogP contribution >= 0.6 is 0 Å². The van der Waals surface area contributed by atoms with Gasteiger partial charge in [0.25, 0.3) is 0 Å². The maximum absolute atomic E-state index is 13.0. The average Bonchev–Trinajstić information content (AvgIpc) is 2.58. The lowest BCUT2D eigenvalue weighted by Crippen LogP contribution is -2.19. The summed E-state index contributed by atoms with van der Waals surface area (Å²) in [5.41, 5.74) is 0.407. The first-order valence-electron chi connectivity index (χ1n) is 6.66. The number of ketones is 1. The Bertz CT molecular complexity index is 767. The molecule has 0 aromatic heterocycles. The summed E-state index contributed by atoms with van der Waals surface area (Å²) >= 11 is 0. The van der Waals surface area contributed by atoms with E-state index < -0.39 is 30.8 Å². The minimum absolute atomic E-state index is 0.119. The van der Waals surface area contributed by atoms with Gasteiger partial charge in [-0.2, -0.15) is 5.26 Å². The third kappa shape index (κ3) is 4.64. The molecular formula is C17H12FNO4. The van der Waals surface area contributed by atoms with Crippen LogP contribution in [0, 0.1) is 17.1 Å². The topological polar surface area (TPSA) is 76.4 Å². The fourth-order valence-corrected chi connectivity index (χ4v) is 1.75. The van der Waals surface area contributed by atoms with Gasteiger partial charge in [-0.05, 0) is 24.3 Å². The van der Waals surface area contributed by atoms with Crippen LogP contribution in [0.3, 0.4) is 0 Å². The standard InChI is InChI=1S/C17H12FNO4/c18-14-6-3-5-12(8-14)15(20)10-23-17(21)11-22-16-7-2-1-4-13(16)9-19/h1-8H,10-11H2. The number of carbonyl (C=O) groups is 2. The zero-order valence-electron chi connectivity index (χ0n) is 12.0. The monoisotopic (exact) mass is 313 g/mol. The normalized spacial score (nSPS) is 9.74. The smallest absolute Gasteiger partial charge is 0.344 e. The summed E-state index contributed by atoms with van der Waals surface area (Å²) in [5.74, 6) is -1.57. The molecule has 0 bridgehead atoms. The van der Waals surface area contributed by atoms with Crippen molar-refractivity contribution >= 4 is 11.8 Å². The van der Waals surface area contributed by atoms with Gasteiger partial charge in [-0.1, -0.05) is 24.3 Å². The fourth-order valence-electron chi connectivity index (χ4n) is 1.75. The van der Waals surface area contributed by atoms with Crippen LogP contribution in [0.2, 0.25) is 0 Å². The van der Waals surface area contributed by atoms with E-state index in [0.717, 1.165) is 6.07 Å². The van der Waals surface area contributed by atoms with Crippen molar-refractivity contribution in [3.8, 4) is 11.8 Å². The summed E-state index contributed by atoms with van der Waals surface area (Å²) in [6.07, 6.45) is 0. The van der Waals surface area contributed by atoms with Crippen LogP contribution in [0.1, 0.15) is 15.9 Å². The number of carbonyl (C=O) groups excluding carboxylic acids is 2. The number of ether oxygens (including phenoxy) is 2. The van der Waals surface area contributed by atoms with E-state index in [4.69, 9.17) is 14.7 Å². The van der Waals surface area contributed by atoms with Gasteiger partial charge in [0, 0.05) is 5.56 Å². The molecule has 23 heavy (non-hydrogen) atoms. The van der Waals surface area contributed by atoms with Gasteiger partial charge in [-0.25, -0.2) is 9.18 Å². The number of benzene rings is 2. The number of rotatable bonds is 6. The summed E-state index contributed by atoms with van der Waals surface area (Å²) < 4.78 is 23.0. The second-order valence-corrected chi connectivity index (χ2v) is 4.49. The van der Waals surface area contributed by atoms with Crippen molar-refractivity contribution in [2.45, 2.75) is 0 Å². The summed E-state index contributed by atoms with van der Waals surface area (Å²) in [5, 5.41) is 8.89. The van der Waals surface area contributed by atoms with Crippen LogP contribution in [-0.4, -0.2) is 25.0 Å². The maximum Gasteiger partial charge on any atom is 0.344 e. The Morgan fingerprint density at radius 1 is 1.09 bits per heavy atom. The molecule has 0 radical (unpaired) electrons. The van der Waals surface area contributed by atoms with Crippen LogP contribution in [0.4, 0.5) is 4.39 Å². The quantitative estimate of drug-likeness (QED) is 0.605. The third-order valence-corrected chi connectivity index (χ3v) is 2.86. The molecular weight excluding hydrogens is 301 g/mol. The van der Waals surface area contributed by atoms with E-state index in [1.54, 1.807) is 24.3 Å². The maximum atomic E-state index is 13.0. The van der Waals surface area contributed by atoms with Crippen molar-refractivity contribution in [3.63, 3.8) is 0 Å². The molecule has 0 unspecified atom stereocenters. The number of Topliss-reactive ketones (excluding diaryl/α,β-unsaturated/α-hetero) is 1. The Balaban J connectivity index is 1.84. The summed E-state index contributed by atoms with van der Waals surface area (Å²) in [6.45, 7) is -0.944. The van der Waals surface area contributed by atoms with Gasteiger partial charge in [0.15, 0.2) is 19.0 Å². The van der Waals surface area contributed by atoms with Crippen molar-refractivity contribution < 1.29 is 23.5 Å². The predicted octanol–water partition coefficient (Wildman–Crippen LogP) is 2.50. The molecule has 0 saturated carbocycles. The third-order valence-electron chi connectivity index (χ3n) is 2.86.